The van der Waals surface area contributed by atoms with Crippen molar-refractivity contribution in [2.24, 2.45) is 0 Å². The molecule has 3 rings (SSSR count). The molecule has 2 amide bonds. The Bertz CT molecular complexity index is 1100. The first-order chi connectivity index (χ1) is 18.5. The van der Waals surface area contributed by atoms with Crippen LogP contribution in [0.25, 0.3) is 0 Å². The minimum absolute atomic E-state index is 0.0881. The van der Waals surface area contributed by atoms with Crippen LogP contribution in [0.15, 0.2) is 48.5 Å². The molecule has 1 atom stereocenters. The number of nitrogens with zero attached hydrogens (tertiary/aromatic N) is 2. The van der Waals surface area contributed by atoms with Crippen molar-refractivity contribution in [3.05, 3.63) is 70.8 Å². The molecule has 39 heavy (non-hydrogen) atoms. The van der Waals surface area contributed by atoms with Crippen LogP contribution in [0.1, 0.15) is 91.6 Å². The summed E-state index contributed by atoms with van der Waals surface area (Å²) < 4.78 is 0. The molecule has 0 aromatic heterocycles. The largest absolute Gasteiger partial charge is 0.395 e. The number of amides is 2. The molecule has 0 radical (unpaired) electrons. The van der Waals surface area contributed by atoms with E-state index in [1.54, 1.807) is 11.0 Å². The maximum Gasteiger partial charge on any atom is 0.254 e. The second-order valence-electron chi connectivity index (χ2n) is 11.9. The van der Waals surface area contributed by atoms with E-state index < -0.39 is 11.6 Å². The third-order valence-electron chi connectivity index (χ3n) is 7.98. The summed E-state index contributed by atoms with van der Waals surface area (Å²) in [7, 11) is 0. The van der Waals surface area contributed by atoms with Gasteiger partial charge in [0.05, 0.1) is 19.3 Å². The number of aliphatic hydroxyl groups is 3. The highest BCUT2D eigenvalue weighted by Crippen LogP contribution is 2.36. The standard InChI is InChI=1S/C32H46N2O5/c1-31(2,3)33(19-21-35)29(38)27-13-7-5-11-24(27)15-16-26(37)23-25-12-6-8-14-28(25)30(39)34(20-22-36)32(4)17-9-10-18-32/h5-8,11-14,26,35-37H,9-10,15-23H2,1-4H3. The van der Waals surface area contributed by atoms with E-state index in [9.17, 15) is 24.9 Å². The third kappa shape index (κ3) is 7.68. The Morgan fingerprint density at radius 3 is 1.97 bits per heavy atom. The van der Waals surface area contributed by atoms with E-state index in [4.69, 9.17) is 0 Å². The molecule has 1 aliphatic carbocycles. The normalized spacial score (nSPS) is 15.7. The van der Waals surface area contributed by atoms with Crippen molar-refractivity contribution in [1.29, 1.82) is 0 Å². The third-order valence-corrected chi connectivity index (χ3v) is 7.98. The van der Waals surface area contributed by atoms with Gasteiger partial charge < -0.3 is 25.1 Å². The maximum atomic E-state index is 13.7. The summed E-state index contributed by atoms with van der Waals surface area (Å²) >= 11 is 0. The second-order valence-corrected chi connectivity index (χ2v) is 11.9. The van der Waals surface area contributed by atoms with Crippen LogP contribution in [0.5, 0.6) is 0 Å². The van der Waals surface area contributed by atoms with E-state index >= 15 is 0 Å². The van der Waals surface area contributed by atoms with Gasteiger partial charge in [-0.3, -0.25) is 9.59 Å². The Morgan fingerprint density at radius 2 is 1.41 bits per heavy atom. The van der Waals surface area contributed by atoms with Gasteiger partial charge >= 0.3 is 0 Å². The Kier molecular flexibility index (Phi) is 10.7. The lowest BCUT2D eigenvalue weighted by molar-refractivity contribution is 0.0458. The fourth-order valence-electron chi connectivity index (χ4n) is 5.79. The number of hydrogen-bond donors (Lipinski definition) is 3. The van der Waals surface area contributed by atoms with Crippen molar-refractivity contribution >= 4 is 11.8 Å². The molecule has 7 heteroatoms. The molecule has 3 N–H and O–H groups in total. The second kappa shape index (κ2) is 13.6. The zero-order valence-electron chi connectivity index (χ0n) is 24.0. The van der Waals surface area contributed by atoms with E-state index in [0.717, 1.165) is 36.8 Å². The van der Waals surface area contributed by atoms with Crippen molar-refractivity contribution in [2.45, 2.75) is 89.8 Å². The molecule has 1 aliphatic rings. The molecule has 0 aliphatic heterocycles. The number of β-amino-alcohol motifs (C(OH)–C–C–N with tert-alkyl or cyclic N) is 2. The number of hydrogen-bond acceptors (Lipinski definition) is 5. The number of rotatable bonds is 12. The van der Waals surface area contributed by atoms with Crippen LogP contribution in [0.2, 0.25) is 0 Å². The van der Waals surface area contributed by atoms with Gasteiger partial charge in [0.25, 0.3) is 11.8 Å². The highest BCUT2D eigenvalue weighted by atomic mass is 16.3. The molecule has 1 saturated carbocycles. The predicted octanol–water partition coefficient (Wildman–Crippen LogP) is 4.22. The van der Waals surface area contributed by atoms with Crippen molar-refractivity contribution in [3.63, 3.8) is 0 Å². The number of aryl methyl sites for hydroxylation is 1. The molecule has 0 heterocycles. The van der Waals surface area contributed by atoms with Gasteiger partial charge in [-0.15, -0.1) is 0 Å². The molecule has 1 fully saturated rings. The zero-order chi connectivity index (χ0) is 28.6. The fraction of sp³-hybridized carbons (Fsp3) is 0.562. The minimum atomic E-state index is -0.702. The first-order valence-corrected chi connectivity index (χ1v) is 14.2. The molecule has 0 saturated heterocycles. The van der Waals surface area contributed by atoms with Gasteiger partial charge in [-0.2, -0.15) is 0 Å². The SMILES string of the molecule is CC(C)(C)N(CCO)C(=O)c1ccccc1CCC(O)Cc1ccccc1C(=O)N(CCO)C1(C)CCCC1. The lowest BCUT2D eigenvalue weighted by Gasteiger charge is -2.39. The lowest BCUT2D eigenvalue weighted by atomic mass is 9.93. The number of carbonyl (C=O) groups excluding carboxylic acids is 2. The van der Waals surface area contributed by atoms with Gasteiger partial charge in [-0.25, -0.2) is 0 Å². The average Bonchev–Trinajstić information content (AvgIpc) is 3.35. The van der Waals surface area contributed by atoms with Crippen molar-refractivity contribution < 1.29 is 24.9 Å². The van der Waals surface area contributed by atoms with E-state index in [1.165, 1.54) is 0 Å². The van der Waals surface area contributed by atoms with Crippen LogP contribution in [0, 0.1) is 0 Å². The summed E-state index contributed by atoms with van der Waals surface area (Å²) in [4.78, 5) is 30.6. The molecular formula is C32H46N2O5. The summed E-state index contributed by atoms with van der Waals surface area (Å²) in [5.74, 6) is -0.236. The topological polar surface area (TPSA) is 101 Å². The average molecular weight is 539 g/mol. The Hall–Kier alpha value is -2.74. The molecule has 2 aromatic rings. The van der Waals surface area contributed by atoms with Gasteiger partial charge in [-0.1, -0.05) is 49.2 Å². The van der Waals surface area contributed by atoms with Crippen LogP contribution in [-0.2, 0) is 12.8 Å². The molecule has 1 unspecified atom stereocenters. The molecule has 7 nitrogen and oxygen atoms in total. The summed E-state index contributed by atoms with van der Waals surface area (Å²) in [6.45, 7) is 8.27. The molecule has 0 bridgehead atoms. The summed E-state index contributed by atoms with van der Waals surface area (Å²) in [6.07, 6.45) is 4.55. The first-order valence-electron chi connectivity index (χ1n) is 14.2. The minimum Gasteiger partial charge on any atom is -0.395 e. The Labute approximate surface area is 233 Å². The van der Waals surface area contributed by atoms with Gasteiger partial charge in [0, 0.05) is 35.3 Å². The lowest BCUT2D eigenvalue weighted by Crippen LogP contribution is -2.49. The van der Waals surface area contributed by atoms with Crippen molar-refractivity contribution in [3.8, 4) is 0 Å². The monoisotopic (exact) mass is 538 g/mol. The Morgan fingerprint density at radius 1 is 0.872 bits per heavy atom. The van der Waals surface area contributed by atoms with Crippen LogP contribution < -0.4 is 0 Å². The predicted molar refractivity (Wildman–Crippen MR) is 154 cm³/mol. The molecular weight excluding hydrogens is 492 g/mol. The first kappa shape index (κ1) is 30.8. The van der Waals surface area contributed by atoms with Crippen LogP contribution in [0.3, 0.4) is 0 Å². The van der Waals surface area contributed by atoms with Gasteiger partial charge in [0.2, 0.25) is 0 Å². The molecule has 2 aromatic carbocycles. The van der Waals surface area contributed by atoms with E-state index in [2.05, 4.69) is 6.92 Å². The highest BCUT2D eigenvalue weighted by Gasteiger charge is 2.38. The number of benzene rings is 2. The van der Waals surface area contributed by atoms with Crippen LogP contribution in [-0.4, -0.2) is 80.4 Å². The van der Waals surface area contributed by atoms with E-state index in [1.807, 2.05) is 68.1 Å². The van der Waals surface area contributed by atoms with Crippen molar-refractivity contribution in [1.82, 2.24) is 9.80 Å². The van der Waals surface area contributed by atoms with Crippen LogP contribution >= 0.6 is 0 Å². The Balaban J connectivity index is 1.74. The van der Waals surface area contributed by atoms with Gasteiger partial charge in [0.15, 0.2) is 0 Å². The summed E-state index contributed by atoms with van der Waals surface area (Å²) in [6, 6.07) is 14.8. The van der Waals surface area contributed by atoms with E-state index in [-0.39, 0.29) is 37.1 Å². The zero-order valence-corrected chi connectivity index (χ0v) is 24.0. The van der Waals surface area contributed by atoms with E-state index in [0.29, 0.717) is 36.9 Å². The van der Waals surface area contributed by atoms with Gasteiger partial charge in [-0.05, 0) is 83.1 Å². The summed E-state index contributed by atoms with van der Waals surface area (Å²) in [5, 5.41) is 30.2. The fourth-order valence-corrected chi connectivity index (χ4v) is 5.79. The van der Waals surface area contributed by atoms with Crippen LogP contribution in [0.4, 0.5) is 0 Å². The van der Waals surface area contributed by atoms with Crippen molar-refractivity contribution in [2.75, 3.05) is 26.3 Å². The molecule has 214 valence electrons. The smallest absolute Gasteiger partial charge is 0.254 e. The van der Waals surface area contributed by atoms with Gasteiger partial charge in [0.1, 0.15) is 0 Å². The summed E-state index contributed by atoms with van der Waals surface area (Å²) in [5.41, 5.74) is 2.07. The molecule has 0 spiro atoms. The number of carbonyl (C=O) groups is 2. The quantitative estimate of drug-likeness (QED) is 0.376. The highest BCUT2D eigenvalue weighted by molar-refractivity contribution is 5.97. The maximum absolute atomic E-state index is 13.7. The number of aliphatic hydroxyl groups excluding tert-OH is 3.